The minimum absolute atomic E-state index is 0.918. The lowest BCUT2D eigenvalue weighted by Gasteiger charge is -2.34. The zero-order valence-electron chi connectivity index (χ0n) is 12.2. The summed E-state index contributed by atoms with van der Waals surface area (Å²) < 4.78 is 0. The summed E-state index contributed by atoms with van der Waals surface area (Å²) in [6.07, 6.45) is 11.2. The Balaban J connectivity index is 1.44. The van der Waals surface area contributed by atoms with Crippen LogP contribution in [0.5, 0.6) is 0 Å². The molecule has 0 radical (unpaired) electrons. The van der Waals surface area contributed by atoms with E-state index in [1.54, 1.807) is 0 Å². The van der Waals surface area contributed by atoms with Gasteiger partial charge in [-0.25, -0.2) is 0 Å². The number of hydrogen-bond donors (Lipinski definition) is 0. The Kier molecular flexibility index (Phi) is 3.72. The molecule has 2 fully saturated rings. The Morgan fingerprint density at radius 1 is 1.10 bits per heavy atom. The summed E-state index contributed by atoms with van der Waals surface area (Å²) in [6.45, 7) is 2.36. The number of aromatic nitrogens is 2. The summed E-state index contributed by atoms with van der Waals surface area (Å²) in [7, 11) is 0. The van der Waals surface area contributed by atoms with E-state index in [4.69, 9.17) is 0 Å². The van der Waals surface area contributed by atoms with Crippen LogP contribution in [0.2, 0.25) is 0 Å². The fourth-order valence-electron chi connectivity index (χ4n) is 3.11. The Morgan fingerprint density at radius 3 is 2.76 bits per heavy atom. The van der Waals surface area contributed by atoms with Gasteiger partial charge in [-0.1, -0.05) is 0 Å². The average molecular weight is 299 g/mol. The summed E-state index contributed by atoms with van der Waals surface area (Å²) in [6, 6.07) is 4.24. The van der Waals surface area contributed by atoms with Crippen molar-refractivity contribution in [1.82, 2.24) is 9.97 Å². The summed E-state index contributed by atoms with van der Waals surface area (Å²) in [5.41, 5.74) is 2.33. The number of anilines is 1. The van der Waals surface area contributed by atoms with Crippen LogP contribution in [0.1, 0.15) is 25.7 Å². The van der Waals surface area contributed by atoms with Crippen molar-refractivity contribution in [3.63, 3.8) is 0 Å². The minimum atomic E-state index is 0.918. The van der Waals surface area contributed by atoms with Gasteiger partial charge in [0.05, 0.1) is 11.7 Å². The average Bonchev–Trinajstić information content (AvgIpc) is 3.37. The van der Waals surface area contributed by atoms with Crippen LogP contribution in [-0.4, -0.2) is 34.1 Å². The largest absolute Gasteiger partial charge is 0.371 e. The fourth-order valence-corrected chi connectivity index (χ4v) is 4.45. The number of piperidine rings is 1. The molecule has 0 atom stereocenters. The van der Waals surface area contributed by atoms with Crippen molar-refractivity contribution in [2.24, 2.45) is 5.92 Å². The van der Waals surface area contributed by atoms with Gasteiger partial charge >= 0.3 is 0 Å². The molecule has 3 nitrogen and oxygen atoms in total. The molecule has 21 heavy (non-hydrogen) atoms. The first kappa shape index (κ1) is 13.4. The summed E-state index contributed by atoms with van der Waals surface area (Å²) in [5, 5.41) is 2.23. The molecule has 0 aromatic carbocycles. The molecule has 1 saturated carbocycles. The Hall–Kier alpha value is -1.29. The number of pyridine rings is 2. The smallest absolute Gasteiger partial charge is 0.0905 e. The maximum atomic E-state index is 4.41. The molecule has 4 heteroatoms. The highest BCUT2D eigenvalue weighted by atomic mass is 32.2. The quantitative estimate of drug-likeness (QED) is 0.860. The molecule has 1 aliphatic carbocycles. The predicted molar refractivity (Wildman–Crippen MR) is 90.0 cm³/mol. The topological polar surface area (TPSA) is 29.0 Å². The second-order valence-corrected chi connectivity index (χ2v) is 7.52. The van der Waals surface area contributed by atoms with E-state index < -0.39 is 0 Å². The fraction of sp³-hybridized carbons (Fsp3) is 0.529. The van der Waals surface area contributed by atoms with E-state index in [1.807, 2.05) is 18.6 Å². The Labute approximate surface area is 130 Å². The third-order valence-electron chi connectivity index (χ3n) is 4.57. The van der Waals surface area contributed by atoms with E-state index in [0.29, 0.717) is 0 Å². The van der Waals surface area contributed by atoms with Crippen molar-refractivity contribution in [2.45, 2.75) is 30.9 Å². The molecule has 0 unspecified atom stereocenters. The van der Waals surface area contributed by atoms with Crippen LogP contribution in [0, 0.1) is 5.92 Å². The Bertz CT molecular complexity index is 613. The highest BCUT2D eigenvalue weighted by molar-refractivity contribution is 8.00. The summed E-state index contributed by atoms with van der Waals surface area (Å²) >= 11 is 2.21. The number of thioether (sulfide) groups is 1. The van der Waals surface area contributed by atoms with E-state index in [0.717, 1.165) is 16.7 Å². The molecule has 2 aliphatic rings. The van der Waals surface area contributed by atoms with Crippen LogP contribution < -0.4 is 4.90 Å². The maximum absolute atomic E-state index is 4.41. The minimum Gasteiger partial charge on any atom is -0.371 e. The molecule has 2 aromatic heterocycles. The second-order valence-electron chi connectivity index (χ2n) is 6.19. The summed E-state index contributed by atoms with van der Waals surface area (Å²) in [4.78, 5) is 11.1. The lowest BCUT2D eigenvalue weighted by molar-refractivity contribution is 0.445. The van der Waals surface area contributed by atoms with Crippen LogP contribution in [0.15, 0.2) is 30.7 Å². The van der Waals surface area contributed by atoms with Crippen LogP contribution in [0.25, 0.3) is 10.9 Å². The van der Waals surface area contributed by atoms with Gasteiger partial charge in [-0.3, -0.25) is 9.97 Å². The first-order chi connectivity index (χ1) is 10.4. The second kappa shape index (κ2) is 5.84. The third kappa shape index (κ3) is 3.00. The summed E-state index contributed by atoms with van der Waals surface area (Å²) in [5.74, 6) is 2.29. The molecule has 3 heterocycles. The monoisotopic (exact) mass is 299 g/mol. The van der Waals surface area contributed by atoms with Crippen LogP contribution in [-0.2, 0) is 0 Å². The molecule has 0 amide bonds. The van der Waals surface area contributed by atoms with Crippen molar-refractivity contribution in [3.05, 3.63) is 30.7 Å². The SMILES string of the molecule is c1cc2c(N3CCC(CSC4CC4)CC3)ccnc2cn1. The van der Waals surface area contributed by atoms with Gasteiger partial charge in [0.1, 0.15) is 0 Å². The molecule has 0 N–H and O–H groups in total. The molecule has 0 bridgehead atoms. The van der Waals surface area contributed by atoms with Gasteiger partial charge in [0.25, 0.3) is 0 Å². The van der Waals surface area contributed by atoms with Gasteiger partial charge in [-0.2, -0.15) is 11.8 Å². The zero-order valence-corrected chi connectivity index (χ0v) is 13.1. The van der Waals surface area contributed by atoms with Crippen LogP contribution in [0.3, 0.4) is 0 Å². The van der Waals surface area contributed by atoms with E-state index in [9.17, 15) is 0 Å². The molecular formula is C17H21N3S. The van der Waals surface area contributed by atoms with E-state index in [-0.39, 0.29) is 0 Å². The van der Waals surface area contributed by atoms with E-state index in [1.165, 1.54) is 55.6 Å². The number of hydrogen-bond acceptors (Lipinski definition) is 4. The standard InChI is InChI=1S/C17H21N3S/c1-2-14(1)21-12-13-5-9-20(10-6-13)17-4-8-19-16-11-18-7-3-15(16)17/h3-4,7-8,11,13-14H,1-2,5-6,9-10,12H2. The normalized spacial score (nSPS) is 20.1. The Morgan fingerprint density at radius 2 is 1.95 bits per heavy atom. The molecule has 110 valence electrons. The molecule has 4 rings (SSSR count). The van der Waals surface area contributed by atoms with Crippen LogP contribution >= 0.6 is 11.8 Å². The maximum Gasteiger partial charge on any atom is 0.0905 e. The van der Waals surface area contributed by atoms with Gasteiger partial charge in [0.2, 0.25) is 0 Å². The van der Waals surface area contributed by atoms with E-state index in [2.05, 4.69) is 38.8 Å². The van der Waals surface area contributed by atoms with Gasteiger partial charge in [-0.15, -0.1) is 0 Å². The van der Waals surface area contributed by atoms with Crippen molar-refractivity contribution < 1.29 is 0 Å². The number of fused-ring (bicyclic) bond motifs is 1. The van der Waals surface area contributed by atoms with Crippen molar-refractivity contribution >= 4 is 28.4 Å². The first-order valence-electron chi connectivity index (χ1n) is 7.95. The van der Waals surface area contributed by atoms with Crippen molar-refractivity contribution in [2.75, 3.05) is 23.7 Å². The van der Waals surface area contributed by atoms with Gasteiger partial charge in [-0.05, 0) is 49.5 Å². The van der Waals surface area contributed by atoms with Gasteiger partial charge < -0.3 is 4.90 Å². The first-order valence-corrected chi connectivity index (χ1v) is 9.00. The lowest BCUT2D eigenvalue weighted by Crippen LogP contribution is -2.34. The third-order valence-corrected chi connectivity index (χ3v) is 6.18. The predicted octanol–water partition coefficient (Wildman–Crippen LogP) is 3.74. The van der Waals surface area contributed by atoms with E-state index >= 15 is 0 Å². The van der Waals surface area contributed by atoms with Crippen molar-refractivity contribution in [1.29, 1.82) is 0 Å². The molecule has 1 aliphatic heterocycles. The van der Waals surface area contributed by atoms with Gasteiger partial charge in [0.15, 0.2) is 0 Å². The lowest BCUT2D eigenvalue weighted by atomic mass is 9.98. The molecular weight excluding hydrogens is 278 g/mol. The highest BCUT2D eigenvalue weighted by Gasteiger charge is 2.25. The number of nitrogens with zero attached hydrogens (tertiary/aromatic N) is 3. The molecule has 1 saturated heterocycles. The van der Waals surface area contributed by atoms with Crippen molar-refractivity contribution in [3.8, 4) is 0 Å². The van der Waals surface area contributed by atoms with Crippen LogP contribution in [0.4, 0.5) is 5.69 Å². The molecule has 2 aromatic rings. The molecule has 0 spiro atoms. The van der Waals surface area contributed by atoms with Gasteiger partial charge in [0, 0.05) is 41.8 Å². The number of rotatable bonds is 4. The highest BCUT2D eigenvalue weighted by Crippen LogP contribution is 2.37. The zero-order chi connectivity index (χ0) is 14.1.